The van der Waals surface area contributed by atoms with Crippen LogP contribution in [0.15, 0.2) is 24.3 Å². The van der Waals surface area contributed by atoms with E-state index in [0.29, 0.717) is 4.31 Å². The molecule has 0 radical (unpaired) electrons. The Bertz CT molecular complexity index is 453. The number of benzene rings is 1. The Balaban J connectivity index is 3.31. The van der Waals surface area contributed by atoms with E-state index in [1.165, 1.54) is 32.0 Å². The van der Waals surface area contributed by atoms with E-state index in [0.717, 1.165) is 0 Å². The van der Waals surface area contributed by atoms with Gasteiger partial charge in [0.2, 0.25) is 10.2 Å². The molecule has 1 N–H and O–H groups in total. The van der Waals surface area contributed by atoms with Crippen molar-refractivity contribution in [1.82, 2.24) is 4.31 Å². The number of nitrogens with zero attached hydrogens (tertiary/aromatic N) is 1. The second-order valence-electron chi connectivity index (χ2n) is 3.82. The number of halogens is 2. The lowest BCUT2D eigenvalue weighted by Crippen LogP contribution is -2.45. The third-order valence-electron chi connectivity index (χ3n) is 2.36. The van der Waals surface area contributed by atoms with E-state index in [2.05, 4.69) is 0 Å². The normalized spacial score (nSPS) is 13.2. The van der Waals surface area contributed by atoms with E-state index in [9.17, 15) is 13.4 Å². The highest BCUT2D eigenvalue weighted by atomic mass is 35.7. The smallest absolute Gasteiger partial charge is 0.421 e. The molecule has 94 valence electrons. The van der Waals surface area contributed by atoms with Crippen molar-refractivity contribution in [2.24, 2.45) is 0 Å². The number of rotatable bonds is 3. The van der Waals surface area contributed by atoms with Crippen LogP contribution in [0.25, 0.3) is 0 Å². The van der Waals surface area contributed by atoms with Crippen LogP contribution in [0.4, 0.5) is 9.18 Å². The molecular formula is C10H11ClFNO3S. The van der Waals surface area contributed by atoms with Crippen molar-refractivity contribution in [2.45, 2.75) is 19.4 Å². The predicted molar refractivity (Wildman–Crippen MR) is 63.3 cm³/mol. The van der Waals surface area contributed by atoms with Crippen LogP contribution >= 0.6 is 10.7 Å². The van der Waals surface area contributed by atoms with E-state index in [1.54, 1.807) is 6.07 Å². The summed E-state index contributed by atoms with van der Waals surface area (Å²) < 4.78 is 25.3. The Labute approximate surface area is 105 Å². The summed E-state index contributed by atoms with van der Waals surface area (Å²) >= 11 is 0. The van der Waals surface area contributed by atoms with Gasteiger partial charge in [0, 0.05) is 16.2 Å². The van der Waals surface area contributed by atoms with E-state index < -0.39 is 27.6 Å². The van der Waals surface area contributed by atoms with Crippen molar-refractivity contribution in [3.63, 3.8) is 0 Å². The van der Waals surface area contributed by atoms with Crippen LogP contribution in [0.3, 0.4) is 0 Å². The van der Waals surface area contributed by atoms with Gasteiger partial charge in [0.15, 0.2) is 0 Å². The zero-order valence-electron chi connectivity index (χ0n) is 9.18. The number of carbonyl (C=O) groups is 1. The predicted octanol–water partition coefficient (Wildman–Crippen LogP) is 2.86. The van der Waals surface area contributed by atoms with E-state index in [-0.39, 0.29) is 5.56 Å². The van der Waals surface area contributed by atoms with Crippen LogP contribution in [0.5, 0.6) is 0 Å². The maximum absolute atomic E-state index is 13.6. The first kappa shape index (κ1) is 13.9. The molecule has 0 aromatic heterocycles. The maximum atomic E-state index is 13.6. The van der Waals surface area contributed by atoms with Gasteiger partial charge in [0.1, 0.15) is 5.82 Å². The minimum absolute atomic E-state index is 0.108. The van der Waals surface area contributed by atoms with Crippen LogP contribution in [-0.2, 0) is 15.7 Å². The molecule has 0 bridgehead atoms. The Hall–Kier alpha value is -1.14. The highest BCUT2D eigenvalue weighted by Crippen LogP contribution is 2.31. The quantitative estimate of drug-likeness (QED) is 0.866. The molecule has 1 unspecified atom stereocenters. The highest BCUT2D eigenvalue weighted by molar-refractivity contribution is 8.06. The molecule has 1 rings (SSSR count). The fourth-order valence-electron chi connectivity index (χ4n) is 1.55. The largest absolute Gasteiger partial charge is 0.464 e. The van der Waals surface area contributed by atoms with Gasteiger partial charge in [-0.25, -0.2) is 17.7 Å². The summed E-state index contributed by atoms with van der Waals surface area (Å²) in [6.45, 7) is 2.86. The van der Waals surface area contributed by atoms with Crippen LogP contribution < -0.4 is 0 Å². The van der Waals surface area contributed by atoms with Gasteiger partial charge in [0.05, 0.1) is 5.54 Å². The van der Waals surface area contributed by atoms with Gasteiger partial charge in [0.25, 0.3) is 0 Å². The van der Waals surface area contributed by atoms with E-state index in [1.807, 2.05) is 0 Å². The second-order valence-corrected chi connectivity index (χ2v) is 5.39. The molecule has 1 aromatic rings. The third kappa shape index (κ3) is 2.76. The van der Waals surface area contributed by atoms with Crippen LogP contribution in [-0.4, -0.2) is 19.7 Å². The topological polar surface area (TPSA) is 57.6 Å². The zero-order valence-corrected chi connectivity index (χ0v) is 10.8. The lowest BCUT2D eigenvalue weighted by atomic mass is 9.94. The molecule has 0 fully saturated rings. The first-order valence-corrected chi connectivity index (χ1v) is 6.58. The third-order valence-corrected chi connectivity index (χ3v) is 3.67. The summed E-state index contributed by atoms with van der Waals surface area (Å²) in [6, 6.07) is 5.68. The first-order chi connectivity index (χ1) is 7.78. The van der Waals surface area contributed by atoms with Crippen molar-refractivity contribution in [2.75, 3.05) is 0 Å². The molecule has 7 heteroatoms. The Morgan fingerprint density at radius 2 is 2.00 bits per heavy atom. The molecule has 1 atom stereocenters. The van der Waals surface area contributed by atoms with Crippen molar-refractivity contribution in [1.29, 1.82) is 0 Å². The molecule has 17 heavy (non-hydrogen) atoms. The van der Waals surface area contributed by atoms with Gasteiger partial charge in [-0.2, -0.15) is 0 Å². The van der Waals surface area contributed by atoms with Crippen LogP contribution in [0.2, 0.25) is 0 Å². The SMILES string of the molecule is CC(C)(c1ccccc1F)N(C(=O)O)S(=O)Cl. The van der Waals surface area contributed by atoms with Gasteiger partial charge in [-0.3, -0.25) is 0 Å². The minimum Gasteiger partial charge on any atom is -0.464 e. The standard InChI is InChI=1S/C10H11ClFNO3S/c1-10(2,13(9(14)15)17(11)16)7-5-3-4-6-8(7)12/h3-6H,1-2H3,(H,14,15). The van der Waals surface area contributed by atoms with Crippen molar-refractivity contribution >= 4 is 27.0 Å². The van der Waals surface area contributed by atoms with Gasteiger partial charge < -0.3 is 5.11 Å². The molecule has 1 aromatic carbocycles. The van der Waals surface area contributed by atoms with Crippen molar-refractivity contribution in [3.8, 4) is 0 Å². The average Bonchev–Trinajstić information content (AvgIpc) is 2.15. The van der Waals surface area contributed by atoms with Gasteiger partial charge >= 0.3 is 6.09 Å². The lowest BCUT2D eigenvalue weighted by molar-refractivity contribution is 0.143. The molecule has 4 nitrogen and oxygen atoms in total. The fraction of sp³-hybridized carbons (Fsp3) is 0.300. The molecule has 0 heterocycles. The Morgan fingerprint density at radius 1 is 1.47 bits per heavy atom. The molecule has 0 spiro atoms. The number of hydrogen-bond donors (Lipinski definition) is 1. The maximum Gasteiger partial charge on any atom is 0.421 e. The minimum atomic E-state index is -2.27. The molecular weight excluding hydrogens is 269 g/mol. The highest BCUT2D eigenvalue weighted by Gasteiger charge is 2.38. The summed E-state index contributed by atoms with van der Waals surface area (Å²) in [4.78, 5) is 11.0. The van der Waals surface area contributed by atoms with E-state index >= 15 is 0 Å². The fourth-order valence-corrected chi connectivity index (χ4v) is 2.82. The molecule has 0 aliphatic carbocycles. The number of carboxylic acid groups (broad SMARTS) is 1. The van der Waals surface area contributed by atoms with Crippen molar-refractivity contribution < 1.29 is 18.5 Å². The zero-order chi connectivity index (χ0) is 13.2. The number of hydrogen-bond acceptors (Lipinski definition) is 2. The first-order valence-electron chi connectivity index (χ1n) is 4.64. The summed E-state index contributed by atoms with van der Waals surface area (Å²) in [5, 5.41) is 8.96. The Morgan fingerprint density at radius 3 is 2.41 bits per heavy atom. The van der Waals surface area contributed by atoms with Gasteiger partial charge in [-0.15, -0.1) is 0 Å². The van der Waals surface area contributed by atoms with Crippen LogP contribution in [0, 0.1) is 5.82 Å². The Kier molecular flexibility index (Phi) is 4.11. The monoisotopic (exact) mass is 279 g/mol. The van der Waals surface area contributed by atoms with Crippen molar-refractivity contribution in [3.05, 3.63) is 35.6 Å². The summed E-state index contributed by atoms with van der Waals surface area (Å²) in [5.74, 6) is -0.578. The summed E-state index contributed by atoms with van der Waals surface area (Å²) in [6.07, 6.45) is -1.48. The van der Waals surface area contributed by atoms with Gasteiger partial charge in [-0.1, -0.05) is 18.2 Å². The second kappa shape index (κ2) is 5.01. The molecule has 0 aliphatic rings. The number of amides is 1. The summed E-state index contributed by atoms with van der Waals surface area (Å²) in [7, 11) is 3.05. The van der Waals surface area contributed by atoms with E-state index in [4.69, 9.17) is 15.8 Å². The molecule has 0 aliphatic heterocycles. The summed E-state index contributed by atoms with van der Waals surface area (Å²) in [5.41, 5.74) is -1.22. The molecule has 0 saturated carbocycles. The molecule has 1 amide bonds. The van der Waals surface area contributed by atoms with Crippen LogP contribution in [0.1, 0.15) is 19.4 Å². The lowest BCUT2D eigenvalue weighted by Gasteiger charge is -2.33. The average molecular weight is 280 g/mol. The van der Waals surface area contributed by atoms with Gasteiger partial charge in [-0.05, 0) is 19.9 Å². The molecule has 0 saturated heterocycles.